The third-order valence-corrected chi connectivity index (χ3v) is 5.31. The fourth-order valence-electron chi connectivity index (χ4n) is 2.87. The molecule has 1 aliphatic heterocycles. The number of Topliss-reactive ketones (excluding diaryl/α,β-unsaturated/α-hetero) is 1. The normalized spacial score (nSPS) is 16.7. The monoisotopic (exact) mass is 375 g/mol. The summed E-state index contributed by atoms with van der Waals surface area (Å²) in [4.78, 5) is 12.4. The van der Waals surface area contributed by atoms with Crippen molar-refractivity contribution in [1.82, 2.24) is 0 Å². The van der Waals surface area contributed by atoms with E-state index in [1.165, 1.54) is 6.07 Å². The van der Waals surface area contributed by atoms with Crippen molar-refractivity contribution < 1.29 is 22.3 Å². The number of hydrogen-bond acceptors (Lipinski definition) is 5. The number of ether oxygens (including phenoxy) is 1. The third-order valence-electron chi connectivity index (χ3n) is 4.18. The summed E-state index contributed by atoms with van der Waals surface area (Å²) in [5.41, 5.74) is 6.27. The van der Waals surface area contributed by atoms with Gasteiger partial charge in [-0.3, -0.25) is 4.79 Å². The molecule has 0 atom stereocenters. The number of benzene rings is 2. The number of carbonyl (C=O) groups is 1. The first-order chi connectivity index (χ1) is 12.0. The Bertz CT molecular complexity index is 1050. The van der Waals surface area contributed by atoms with Crippen molar-refractivity contribution in [3.8, 4) is 0 Å². The first kappa shape index (κ1) is 18.1. The molecule has 3 rings (SSSR count). The number of carbonyl (C=O) groups excluding carboxylic acids is 1. The SMILES string of the molecule is CC1(C)OC(c2ccc(S(C)(=O)=O)c(F)c2)=C(c2ccccc2N)C1=O. The van der Waals surface area contributed by atoms with Crippen LogP contribution in [0.5, 0.6) is 0 Å². The van der Waals surface area contributed by atoms with Crippen molar-refractivity contribution in [2.24, 2.45) is 0 Å². The van der Waals surface area contributed by atoms with Gasteiger partial charge in [-0.05, 0) is 38.1 Å². The largest absolute Gasteiger partial charge is 0.478 e. The van der Waals surface area contributed by atoms with Gasteiger partial charge in [0.1, 0.15) is 16.5 Å². The smallest absolute Gasteiger partial charge is 0.210 e. The molecule has 0 fully saturated rings. The topological polar surface area (TPSA) is 86.5 Å². The molecule has 0 saturated heterocycles. The van der Waals surface area contributed by atoms with Gasteiger partial charge >= 0.3 is 0 Å². The Hall–Kier alpha value is -2.67. The zero-order chi connectivity index (χ0) is 19.3. The fourth-order valence-corrected chi connectivity index (χ4v) is 3.60. The molecule has 7 heteroatoms. The Morgan fingerprint density at radius 3 is 2.35 bits per heavy atom. The van der Waals surface area contributed by atoms with Crippen LogP contribution in [0.1, 0.15) is 25.0 Å². The second-order valence-corrected chi connectivity index (χ2v) is 8.63. The lowest BCUT2D eigenvalue weighted by Crippen LogP contribution is -2.29. The highest BCUT2D eigenvalue weighted by atomic mass is 32.2. The van der Waals surface area contributed by atoms with Crippen LogP contribution in [0.2, 0.25) is 0 Å². The minimum atomic E-state index is -3.70. The lowest BCUT2D eigenvalue weighted by Gasteiger charge is -2.18. The molecule has 0 amide bonds. The van der Waals surface area contributed by atoms with Gasteiger partial charge in [0.2, 0.25) is 5.78 Å². The van der Waals surface area contributed by atoms with Gasteiger partial charge in [-0.2, -0.15) is 0 Å². The highest BCUT2D eigenvalue weighted by Gasteiger charge is 2.43. The number of anilines is 1. The highest BCUT2D eigenvalue weighted by molar-refractivity contribution is 7.90. The average molecular weight is 375 g/mol. The van der Waals surface area contributed by atoms with Crippen LogP contribution in [0.15, 0.2) is 47.4 Å². The maximum absolute atomic E-state index is 14.3. The molecule has 1 aliphatic rings. The van der Waals surface area contributed by atoms with Gasteiger partial charge in [0, 0.05) is 23.1 Å². The van der Waals surface area contributed by atoms with Crippen molar-refractivity contribution in [2.75, 3.05) is 12.0 Å². The van der Waals surface area contributed by atoms with Gasteiger partial charge in [-0.25, -0.2) is 12.8 Å². The summed E-state index contributed by atoms with van der Waals surface area (Å²) in [6.45, 7) is 3.23. The maximum Gasteiger partial charge on any atom is 0.210 e. The van der Waals surface area contributed by atoms with Crippen molar-refractivity contribution >= 4 is 32.6 Å². The molecule has 0 unspecified atom stereocenters. The number of rotatable bonds is 3. The van der Waals surface area contributed by atoms with E-state index in [2.05, 4.69) is 0 Å². The molecule has 2 N–H and O–H groups in total. The van der Waals surface area contributed by atoms with Crippen LogP contribution >= 0.6 is 0 Å². The highest BCUT2D eigenvalue weighted by Crippen LogP contribution is 2.43. The quantitative estimate of drug-likeness (QED) is 0.833. The second kappa shape index (κ2) is 5.95. The summed E-state index contributed by atoms with van der Waals surface area (Å²) >= 11 is 0. The number of ketones is 1. The molecule has 26 heavy (non-hydrogen) atoms. The third kappa shape index (κ3) is 2.99. The Kier molecular flexibility index (Phi) is 4.15. The van der Waals surface area contributed by atoms with Crippen LogP contribution in [0.25, 0.3) is 11.3 Å². The minimum Gasteiger partial charge on any atom is -0.478 e. The van der Waals surface area contributed by atoms with E-state index in [-0.39, 0.29) is 22.7 Å². The number of halogens is 1. The Morgan fingerprint density at radius 2 is 1.77 bits per heavy atom. The van der Waals surface area contributed by atoms with E-state index in [1.807, 2.05) is 0 Å². The van der Waals surface area contributed by atoms with Crippen molar-refractivity contribution in [1.29, 1.82) is 0 Å². The summed E-state index contributed by atoms with van der Waals surface area (Å²) in [5, 5.41) is 0. The van der Waals surface area contributed by atoms with Crippen LogP contribution in [-0.4, -0.2) is 26.1 Å². The summed E-state index contributed by atoms with van der Waals surface area (Å²) in [5.74, 6) is -1.01. The molecule has 0 radical (unpaired) electrons. The van der Waals surface area contributed by atoms with E-state index in [0.717, 1.165) is 18.4 Å². The molecular formula is C19H18FNO4S. The van der Waals surface area contributed by atoms with Crippen LogP contribution in [-0.2, 0) is 19.4 Å². The number of sulfone groups is 1. The Morgan fingerprint density at radius 1 is 1.12 bits per heavy atom. The number of hydrogen-bond donors (Lipinski definition) is 1. The molecule has 5 nitrogen and oxygen atoms in total. The second-order valence-electron chi connectivity index (χ2n) is 6.65. The van der Waals surface area contributed by atoms with Crippen molar-refractivity contribution in [3.63, 3.8) is 0 Å². The number of para-hydroxylation sites is 1. The molecule has 1 heterocycles. The molecule has 0 bridgehead atoms. The molecular weight excluding hydrogens is 357 g/mol. The standard InChI is InChI=1S/C19H18FNO4S/c1-19(2)18(22)16(12-6-4-5-7-14(12)21)17(25-19)11-8-9-15(13(20)10-11)26(3,23)24/h4-10H,21H2,1-3H3. The first-order valence-electron chi connectivity index (χ1n) is 7.85. The summed E-state index contributed by atoms with van der Waals surface area (Å²) < 4.78 is 43.4. The zero-order valence-corrected chi connectivity index (χ0v) is 15.4. The van der Waals surface area contributed by atoms with Gasteiger partial charge in [-0.15, -0.1) is 0 Å². The average Bonchev–Trinajstić information content (AvgIpc) is 2.77. The predicted octanol–water partition coefficient (Wildman–Crippen LogP) is 3.06. The van der Waals surface area contributed by atoms with Gasteiger partial charge in [0.15, 0.2) is 15.4 Å². The molecule has 2 aromatic carbocycles. The van der Waals surface area contributed by atoms with Gasteiger partial charge < -0.3 is 10.5 Å². The number of nitrogen functional groups attached to an aromatic ring is 1. The fraction of sp³-hybridized carbons (Fsp3) is 0.211. The number of nitrogens with two attached hydrogens (primary N) is 1. The Labute approximate surface area is 151 Å². The lowest BCUT2D eigenvalue weighted by molar-refractivity contribution is -0.125. The van der Waals surface area contributed by atoms with Gasteiger partial charge in [0.05, 0.1) is 5.57 Å². The van der Waals surface area contributed by atoms with E-state index >= 15 is 0 Å². The van der Waals surface area contributed by atoms with Crippen molar-refractivity contribution in [3.05, 3.63) is 59.4 Å². The summed E-state index contributed by atoms with van der Waals surface area (Å²) in [7, 11) is -3.70. The molecule has 0 saturated carbocycles. The maximum atomic E-state index is 14.3. The molecule has 0 aliphatic carbocycles. The van der Waals surface area contributed by atoms with Crippen LogP contribution in [0, 0.1) is 5.82 Å². The summed E-state index contributed by atoms with van der Waals surface area (Å²) in [6, 6.07) is 10.5. The first-order valence-corrected chi connectivity index (χ1v) is 9.74. The van der Waals surface area contributed by atoms with Crippen LogP contribution in [0.4, 0.5) is 10.1 Å². The molecule has 0 spiro atoms. The Balaban J connectivity index is 2.25. The van der Waals surface area contributed by atoms with Crippen LogP contribution in [0.3, 0.4) is 0 Å². The van der Waals surface area contributed by atoms with E-state index in [0.29, 0.717) is 11.3 Å². The molecule has 0 aromatic heterocycles. The zero-order valence-electron chi connectivity index (χ0n) is 14.5. The van der Waals surface area contributed by atoms with Crippen LogP contribution < -0.4 is 5.73 Å². The van der Waals surface area contributed by atoms with E-state index in [9.17, 15) is 17.6 Å². The van der Waals surface area contributed by atoms with E-state index in [4.69, 9.17) is 10.5 Å². The minimum absolute atomic E-state index is 0.178. The molecule has 136 valence electrons. The van der Waals surface area contributed by atoms with E-state index < -0.39 is 26.2 Å². The lowest BCUT2D eigenvalue weighted by atomic mass is 9.92. The van der Waals surface area contributed by atoms with E-state index in [1.54, 1.807) is 38.1 Å². The predicted molar refractivity (Wildman–Crippen MR) is 97.3 cm³/mol. The van der Waals surface area contributed by atoms with Crippen molar-refractivity contribution in [2.45, 2.75) is 24.3 Å². The molecule has 2 aromatic rings. The van der Waals surface area contributed by atoms with Gasteiger partial charge in [-0.1, -0.05) is 18.2 Å². The van der Waals surface area contributed by atoms with Gasteiger partial charge in [0.25, 0.3) is 0 Å². The summed E-state index contributed by atoms with van der Waals surface area (Å²) in [6.07, 6.45) is 0.930.